The highest BCUT2D eigenvalue weighted by Gasteiger charge is 2.27. The van der Waals surface area contributed by atoms with Gasteiger partial charge >= 0.3 is 6.03 Å². The van der Waals surface area contributed by atoms with Crippen molar-refractivity contribution >= 4 is 21.7 Å². The van der Waals surface area contributed by atoms with Gasteiger partial charge in [0, 0.05) is 12.2 Å². The van der Waals surface area contributed by atoms with Crippen molar-refractivity contribution in [2.24, 2.45) is 5.73 Å². The molecule has 0 bridgehead atoms. The fraction of sp³-hybridized carbons (Fsp3) is 0.562. The smallest absolute Gasteiger partial charge is 0.329 e. The molecule has 2 amide bonds. The summed E-state index contributed by atoms with van der Waals surface area (Å²) in [6, 6.07) is 1.57. The Labute approximate surface area is 136 Å². The summed E-state index contributed by atoms with van der Waals surface area (Å²) in [5.41, 5.74) is 11.1. The summed E-state index contributed by atoms with van der Waals surface area (Å²) in [5.74, 6) is 0. The highest BCUT2D eigenvalue weighted by Crippen LogP contribution is 2.38. The molecule has 1 aromatic carbocycles. The van der Waals surface area contributed by atoms with E-state index >= 15 is 0 Å². The van der Waals surface area contributed by atoms with Crippen LogP contribution in [0.3, 0.4) is 0 Å². The summed E-state index contributed by atoms with van der Waals surface area (Å²) in [7, 11) is -3.74. The van der Waals surface area contributed by atoms with E-state index < -0.39 is 21.3 Å². The normalized spacial score (nSPS) is 17.5. The molecule has 7 heteroatoms. The lowest BCUT2D eigenvalue weighted by molar-refractivity contribution is 0.256. The third-order valence-electron chi connectivity index (χ3n) is 4.81. The highest BCUT2D eigenvalue weighted by molar-refractivity contribution is 7.90. The third kappa shape index (κ3) is 3.07. The fourth-order valence-electron chi connectivity index (χ4n) is 3.46. The van der Waals surface area contributed by atoms with Gasteiger partial charge in [0.1, 0.15) is 0 Å². The van der Waals surface area contributed by atoms with Crippen molar-refractivity contribution in [3.8, 4) is 0 Å². The molecular weight excluding hydrogens is 314 g/mol. The maximum atomic E-state index is 12.2. The first-order chi connectivity index (χ1) is 10.9. The largest absolute Gasteiger partial charge is 0.332 e. The fourth-order valence-corrected chi connectivity index (χ4v) is 4.23. The van der Waals surface area contributed by atoms with Crippen LogP contribution in [0.15, 0.2) is 6.07 Å². The van der Waals surface area contributed by atoms with E-state index in [0.29, 0.717) is 0 Å². The summed E-state index contributed by atoms with van der Waals surface area (Å²) in [6.07, 6.45) is 6.09. The Kier molecular flexibility index (Phi) is 4.33. The summed E-state index contributed by atoms with van der Waals surface area (Å²) in [5, 5.41) is 2.00. The number of urea groups is 1. The maximum Gasteiger partial charge on any atom is 0.332 e. The molecule has 4 N–H and O–H groups in total. The lowest BCUT2D eigenvalue weighted by Gasteiger charge is -2.17. The molecule has 2 aliphatic rings. The van der Waals surface area contributed by atoms with Crippen molar-refractivity contribution in [3.63, 3.8) is 0 Å². The molecular formula is C16H23N3O3S. The second-order valence-electron chi connectivity index (χ2n) is 6.38. The predicted octanol–water partition coefficient (Wildman–Crippen LogP) is 1.46. The average molecular weight is 337 g/mol. The van der Waals surface area contributed by atoms with Crippen molar-refractivity contribution in [1.82, 2.24) is 4.72 Å². The van der Waals surface area contributed by atoms with Gasteiger partial charge in [-0.2, -0.15) is 0 Å². The van der Waals surface area contributed by atoms with Crippen LogP contribution in [0, 0.1) is 0 Å². The second-order valence-corrected chi connectivity index (χ2v) is 8.48. The van der Waals surface area contributed by atoms with Gasteiger partial charge < -0.3 is 11.1 Å². The van der Waals surface area contributed by atoms with Crippen LogP contribution in [0.5, 0.6) is 0 Å². The van der Waals surface area contributed by atoms with Gasteiger partial charge in [0.15, 0.2) is 0 Å². The Balaban J connectivity index is 1.85. The van der Waals surface area contributed by atoms with E-state index in [4.69, 9.17) is 5.73 Å². The minimum Gasteiger partial charge on any atom is -0.329 e. The van der Waals surface area contributed by atoms with E-state index in [1.807, 2.05) is 0 Å². The van der Waals surface area contributed by atoms with Gasteiger partial charge in [0.2, 0.25) is 10.0 Å². The van der Waals surface area contributed by atoms with Crippen LogP contribution in [0.2, 0.25) is 0 Å². The molecule has 1 unspecified atom stereocenters. The summed E-state index contributed by atoms with van der Waals surface area (Å²) in [4.78, 5) is 12.2. The lowest BCUT2D eigenvalue weighted by Crippen LogP contribution is -2.42. The number of sulfonamides is 1. The van der Waals surface area contributed by atoms with Gasteiger partial charge in [0.25, 0.3) is 0 Å². The molecule has 2 aliphatic carbocycles. The number of nitrogens with two attached hydrogens (primary N) is 1. The molecule has 0 spiro atoms. The Bertz CT molecular complexity index is 711. The van der Waals surface area contributed by atoms with E-state index in [2.05, 4.69) is 16.1 Å². The summed E-state index contributed by atoms with van der Waals surface area (Å²) < 4.78 is 26.0. The molecule has 126 valence electrons. The number of carbonyl (C=O) groups excluding carboxylic acids is 1. The summed E-state index contributed by atoms with van der Waals surface area (Å²) >= 11 is 0. The standard InChI is InChI=1S/C16H23N3O3S/c1-10(9-17)23(21,22)19-16(20)18-15-13-6-2-4-11(13)8-12-5-3-7-14(12)15/h8,10H,2-7,9,17H2,1H3,(H2,18,19,20). The van der Waals surface area contributed by atoms with Gasteiger partial charge in [-0.1, -0.05) is 6.07 Å². The van der Waals surface area contributed by atoms with Gasteiger partial charge in [-0.3, -0.25) is 0 Å². The Hall–Kier alpha value is -1.60. The topological polar surface area (TPSA) is 101 Å². The molecule has 0 radical (unpaired) electrons. The zero-order valence-corrected chi connectivity index (χ0v) is 14.1. The maximum absolute atomic E-state index is 12.2. The molecule has 3 rings (SSSR count). The number of carbonyl (C=O) groups is 1. The molecule has 23 heavy (non-hydrogen) atoms. The Morgan fingerprint density at radius 2 is 1.74 bits per heavy atom. The monoisotopic (exact) mass is 337 g/mol. The van der Waals surface area contributed by atoms with E-state index in [9.17, 15) is 13.2 Å². The van der Waals surface area contributed by atoms with Crippen molar-refractivity contribution < 1.29 is 13.2 Å². The number of rotatable bonds is 4. The van der Waals surface area contributed by atoms with Gasteiger partial charge in [-0.05, 0) is 67.7 Å². The van der Waals surface area contributed by atoms with Crippen LogP contribution in [-0.2, 0) is 35.7 Å². The molecule has 0 aromatic heterocycles. The average Bonchev–Trinajstić information content (AvgIpc) is 3.13. The predicted molar refractivity (Wildman–Crippen MR) is 90.1 cm³/mol. The molecule has 0 heterocycles. The third-order valence-corrected chi connectivity index (χ3v) is 6.53. The van der Waals surface area contributed by atoms with Crippen LogP contribution in [0.1, 0.15) is 42.0 Å². The summed E-state index contributed by atoms with van der Waals surface area (Å²) in [6.45, 7) is 1.45. The van der Waals surface area contributed by atoms with Gasteiger partial charge in [-0.25, -0.2) is 17.9 Å². The van der Waals surface area contributed by atoms with Gasteiger partial charge in [0.05, 0.1) is 5.25 Å². The minimum atomic E-state index is -3.74. The molecule has 1 atom stereocenters. The number of amides is 2. The number of anilines is 1. The van der Waals surface area contributed by atoms with Crippen LogP contribution in [-0.4, -0.2) is 26.2 Å². The number of hydrogen-bond donors (Lipinski definition) is 3. The molecule has 6 nitrogen and oxygen atoms in total. The first-order valence-corrected chi connectivity index (χ1v) is 9.66. The zero-order chi connectivity index (χ0) is 16.6. The van der Waals surface area contributed by atoms with Crippen molar-refractivity contribution in [3.05, 3.63) is 28.3 Å². The van der Waals surface area contributed by atoms with E-state index in [-0.39, 0.29) is 6.54 Å². The number of aryl methyl sites for hydroxylation is 2. The highest BCUT2D eigenvalue weighted by atomic mass is 32.2. The van der Waals surface area contributed by atoms with E-state index in [0.717, 1.165) is 44.2 Å². The van der Waals surface area contributed by atoms with Crippen molar-refractivity contribution in [1.29, 1.82) is 0 Å². The number of hydrogen-bond acceptors (Lipinski definition) is 4. The molecule has 0 saturated heterocycles. The number of nitrogens with one attached hydrogen (secondary N) is 2. The van der Waals surface area contributed by atoms with Crippen LogP contribution in [0.25, 0.3) is 0 Å². The Morgan fingerprint density at radius 1 is 1.17 bits per heavy atom. The van der Waals surface area contributed by atoms with Crippen molar-refractivity contribution in [2.75, 3.05) is 11.9 Å². The number of fused-ring (bicyclic) bond motifs is 2. The first-order valence-electron chi connectivity index (χ1n) is 8.11. The van der Waals surface area contributed by atoms with Crippen molar-refractivity contribution in [2.45, 2.75) is 50.7 Å². The van der Waals surface area contributed by atoms with Gasteiger partial charge in [-0.15, -0.1) is 0 Å². The van der Waals surface area contributed by atoms with E-state index in [1.54, 1.807) is 0 Å². The lowest BCUT2D eigenvalue weighted by atomic mass is 9.99. The molecule has 1 aromatic rings. The SMILES string of the molecule is CC(CN)S(=O)(=O)NC(=O)Nc1c2c(cc3c1CCC3)CCC2. The van der Waals surface area contributed by atoms with E-state index in [1.165, 1.54) is 29.2 Å². The Morgan fingerprint density at radius 3 is 2.26 bits per heavy atom. The van der Waals surface area contributed by atoms with Crippen LogP contribution < -0.4 is 15.8 Å². The quantitative estimate of drug-likeness (QED) is 0.774. The first kappa shape index (κ1) is 16.3. The molecule has 0 aliphatic heterocycles. The number of benzene rings is 1. The molecule has 0 saturated carbocycles. The molecule has 0 fully saturated rings. The van der Waals surface area contributed by atoms with Crippen LogP contribution >= 0.6 is 0 Å². The second kappa shape index (κ2) is 6.13. The zero-order valence-electron chi connectivity index (χ0n) is 13.3. The minimum absolute atomic E-state index is 0.0290. The van der Waals surface area contributed by atoms with Crippen LogP contribution in [0.4, 0.5) is 10.5 Å².